The Balaban J connectivity index is 1.69. The quantitative estimate of drug-likeness (QED) is 0.826. The van der Waals surface area contributed by atoms with Crippen LogP contribution in [-0.2, 0) is 13.0 Å². The maximum Gasteiger partial charge on any atom is 0.142 e. The molecule has 0 atom stereocenters. The highest BCUT2D eigenvalue weighted by Crippen LogP contribution is 2.34. The standard InChI is InChI=1S/C18H19ClFNO/c1-12-9-17-16(13(2)18(12)19)10-21(11-22-17)8-7-14-3-5-15(20)6-4-14/h3-6,9H,7-8,10-11H2,1-2H3. The molecule has 0 spiro atoms. The molecule has 0 radical (unpaired) electrons. The largest absolute Gasteiger partial charge is 0.478 e. The predicted octanol–water partition coefficient (Wildman–Crippen LogP) is 4.49. The maximum absolute atomic E-state index is 12.9. The summed E-state index contributed by atoms with van der Waals surface area (Å²) in [5, 5.41) is 0.822. The third-order valence-electron chi connectivity index (χ3n) is 4.19. The zero-order valence-corrected chi connectivity index (χ0v) is 13.6. The van der Waals surface area contributed by atoms with E-state index in [1.165, 1.54) is 17.7 Å². The van der Waals surface area contributed by atoms with Crippen molar-refractivity contribution in [3.8, 4) is 5.75 Å². The van der Waals surface area contributed by atoms with Crippen LogP contribution in [0, 0.1) is 19.7 Å². The van der Waals surface area contributed by atoms with Crippen LogP contribution in [0.15, 0.2) is 30.3 Å². The number of nitrogens with zero attached hydrogens (tertiary/aromatic N) is 1. The van der Waals surface area contributed by atoms with Gasteiger partial charge in [-0.05, 0) is 55.2 Å². The molecule has 3 rings (SSSR count). The second-order valence-corrected chi connectivity index (χ2v) is 6.19. The molecule has 22 heavy (non-hydrogen) atoms. The third kappa shape index (κ3) is 3.11. The van der Waals surface area contributed by atoms with Gasteiger partial charge in [0.15, 0.2) is 0 Å². The van der Waals surface area contributed by atoms with Crippen molar-refractivity contribution < 1.29 is 9.13 Å². The summed E-state index contributed by atoms with van der Waals surface area (Å²) in [6, 6.07) is 8.69. The van der Waals surface area contributed by atoms with Crippen LogP contribution >= 0.6 is 11.6 Å². The molecular formula is C18H19ClFNO. The first-order valence-corrected chi connectivity index (χ1v) is 7.80. The molecule has 0 unspecified atom stereocenters. The number of halogens is 2. The van der Waals surface area contributed by atoms with E-state index < -0.39 is 0 Å². The van der Waals surface area contributed by atoms with Gasteiger partial charge < -0.3 is 4.74 Å². The first kappa shape index (κ1) is 15.3. The van der Waals surface area contributed by atoms with Gasteiger partial charge in [-0.1, -0.05) is 23.7 Å². The number of benzene rings is 2. The van der Waals surface area contributed by atoms with E-state index in [0.717, 1.165) is 47.0 Å². The zero-order valence-electron chi connectivity index (χ0n) is 12.8. The maximum atomic E-state index is 12.9. The Morgan fingerprint density at radius 2 is 1.95 bits per heavy atom. The molecule has 4 heteroatoms. The van der Waals surface area contributed by atoms with Gasteiger partial charge >= 0.3 is 0 Å². The van der Waals surface area contributed by atoms with Gasteiger partial charge in [0.25, 0.3) is 0 Å². The fourth-order valence-electron chi connectivity index (χ4n) is 2.80. The second kappa shape index (κ2) is 6.27. The van der Waals surface area contributed by atoms with E-state index >= 15 is 0 Å². The van der Waals surface area contributed by atoms with E-state index in [0.29, 0.717) is 6.73 Å². The summed E-state index contributed by atoms with van der Waals surface area (Å²) in [5.41, 5.74) is 4.45. The first-order valence-electron chi connectivity index (χ1n) is 7.43. The second-order valence-electron chi connectivity index (χ2n) is 5.81. The summed E-state index contributed by atoms with van der Waals surface area (Å²) in [6.45, 7) is 6.33. The van der Waals surface area contributed by atoms with Gasteiger partial charge in [-0.2, -0.15) is 0 Å². The van der Waals surface area contributed by atoms with Crippen LogP contribution in [-0.4, -0.2) is 18.2 Å². The summed E-state index contributed by atoms with van der Waals surface area (Å²) < 4.78 is 18.8. The summed E-state index contributed by atoms with van der Waals surface area (Å²) in [4.78, 5) is 2.24. The zero-order chi connectivity index (χ0) is 15.7. The summed E-state index contributed by atoms with van der Waals surface area (Å²) >= 11 is 6.34. The summed E-state index contributed by atoms with van der Waals surface area (Å²) in [7, 11) is 0. The number of hydrogen-bond acceptors (Lipinski definition) is 2. The number of ether oxygens (including phenoxy) is 1. The molecule has 0 saturated carbocycles. The molecule has 0 fully saturated rings. The van der Waals surface area contributed by atoms with Gasteiger partial charge in [-0.15, -0.1) is 0 Å². The molecule has 2 nitrogen and oxygen atoms in total. The molecule has 0 aromatic heterocycles. The minimum atomic E-state index is -0.195. The van der Waals surface area contributed by atoms with Crippen LogP contribution in [0.3, 0.4) is 0 Å². The lowest BCUT2D eigenvalue weighted by Gasteiger charge is -2.30. The SMILES string of the molecule is Cc1cc2c(c(C)c1Cl)CN(CCc1ccc(F)cc1)CO2. The molecule has 2 aromatic carbocycles. The Labute approximate surface area is 135 Å². The smallest absolute Gasteiger partial charge is 0.142 e. The molecule has 116 valence electrons. The van der Waals surface area contributed by atoms with Crippen LogP contribution < -0.4 is 4.74 Å². The van der Waals surface area contributed by atoms with Crippen molar-refractivity contribution in [2.24, 2.45) is 0 Å². The molecule has 1 aliphatic heterocycles. The molecule has 0 amide bonds. The summed E-state index contributed by atoms with van der Waals surface area (Å²) in [5.74, 6) is 0.747. The van der Waals surface area contributed by atoms with Crippen molar-refractivity contribution in [2.45, 2.75) is 26.8 Å². The molecular weight excluding hydrogens is 301 g/mol. The minimum absolute atomic E-state index is 0.195. The lowest BCUT2D eigenvalue weighted by molar-refractivity contribution is 0.0960. The Morgan fingerprint density at radius 1 is 1.23 bits per heavy atom. The van der Waals surface area contributed by atoms with Gasteiger partial charge in [0.05, 0.1) is 0 Å². The normalized spacial score (nSPS) is 14.5. The monoisotopic (exact) mass is 319 g/mol. The third-order valence-corrected chi connectivity index (χ3v) is 4.77. The van der Waals surface area contributed by atoms with E-state index in [1.54, 1.807) is 0 Å². The highest BCUT2D eigenvalue weighted by atomic mass is 35.5. The highest BCUT2D eigenvalue weighted by Gasteiger charge is 2.21. The van der Waals surface area contributed by atoms with Crippen molar-refractivity contribution in [1.82, 2.24) is 4.90 Å². The van der Waals surface area contributed by atoms with Crippen molar-refractivity contribution in [3.63, 3.8) is 0 Å². The molecule has 0 N–H and O–H groups in total. The van der Waals surface area contributed by atoms with E-state index in [1.807, 2.05) is 32.0 Å². The van der Waals surface area contributed by atoms with Gasteiger partial charge in [-0.3, -0.25) is 4.90 Å². The van der Waals surface area contributed by atoms with Crippen LogP contribution in [0.4, 0.5) is 4.39 Å². The van der Waals surface area contributed by atoms with Crippen LogP contribution in [0.1, 0.15) is 22.3 Å². The molecule has 1 heterocycles. The van der Waals surface area contributed by atoms with Crippen LogP contribution in [0.25, 0.3) is 0 Å². The van der Waals surface area contributed by atoms with E-state index in [-0.39, 0.29) is 5.82 Å². The topological polar surface area (TPSA) is 12.5 Å². The molecule has 2 aromatic rings. The van der Waals surface area contributed by atoms with Gasteiger partial charge in [0.2, 0.25) is 0 Å². The van der Waals surface area contributed by atoms with E-state index in [4.69, 9.17) is 16.3 Å². The lowest BCUT2D eigenvalue weighted by atomic mass is 10.0. The van der Waals surface area contributed by atoms with Crippen molar-refractivity contribution >= 4 is 11.6 Å². The van der Waals surface area contributed by atoms with Crippen molar-refractivity contribution in [3.05, 3.63) is 63.4 Å². The number of aryl methyl sites for hydroxylation is 1. The Kier molecular flexibility index (Phi) is 4.37. The van der Waals surface area contributed by atoms with E-state index in [9.17, 15) is 4.39 Å². The average molecular weight is 320 g/mol. The highest BCUT2D eigenvalue weighted by molar-refractivity contribution is 6.32. The van der Waals surface area contributed by atoms with E-state index in [2.05, 4.69) is 4.90 Å². The predicted molar refractivity (Wildman–Crippen MR) is 86.9 cm³/mol. The molecule has 0 bridgehead atoms. The fraction of sp³-hybridized carbons (Fsp3) is 0.333. The first-order chi connectivity index (χ1) is 10.5. The fourth-order valence-corrected chi connectivity index (χ4v) is 2.97. The number of rotatable bonds is 3. The Bertz CT molecular complexity index is 684. The molecule has 0 saturated heterocycles. The van der Waals surface area contributed by atoms with Crippen molar-refractivity contribution in [2.75, 3.05) is 13.3 Å². The number of hydrogen-bond donors (Lipinski definition) is 0. The number of fused-ring (bicyclic) bond motifs is 1. The van der Waals surface area contributed by atoms with Crippen LogP contribution in [0.5, 0.6) is 5.75 Å². The van der Waals surface area contributed by atoms with Crippen LogP contribution in [0.2, 0.25) is 5.02 Å². The Morgan fingerprint density at radius 3 is 2.68 bits per heavy atom. The van der Waals surface area contributed by atoms with Gasteiger partial charge in [0.1, 0.15) is 18.3 Å². The lowest BCUT2D eigenvalue weighted by Crippen LogP contribution is -2.34. The summed E-state index contributed by atoms with van der Waals surface area (Å²) in [6.07, 6.45) is 0.873. The van der Waals surface area contributed by atoms with Gasteiger partial charge in [-0.25, -0.2) is 4.39 Å². The van der Waals surface area contributed by atoms with Crippen molar-refractivity contribution in [1.29, 1.82) is 0 Å². The molecule has 0 aliphatic carbocycles. The van der Waals surface area contributed by atoms with Gasteiger partial charge in [0, 0.05) is 23.7 Å². The molecule has 1 aliphatic rings. The minimum Gasteiger partial charge on any atom is -0.478 e. The average Bonchev–Trinajstić information content (AvgIpc) is 2.52. The Hall–Kier alpha value is -1.58.